The van der Waals surface area contributed by atoms with Crippen LogP contribution in [0.1, 0.15) is 26.3 Å². The number of rotatable bonds is 2. The summed E-state index contributed by atoms with van der Waals surface area (Å²) in [6.07, 6.45) is 2.53. The van der Waals surface area contributed by atoms with Crippen LogP contribution in [0.15, 0.2) is 12.7 Å². The first-order chi connectivity index (χ1) is 10.5. The van der Waals surface area contributed by atoms with Crippen LogP contribution in [-0.2, 0) is 9.47 Å². The van der Waals surface area contributed by atoms with Crippen LogP contribution in [0, 0.1) is 0 Å². The van der Waals surface area contributed by atoms with E-state index in [1.165, 1.54) is 6.33 Å². The quantitative estimate of drug-likeness (QED) is 0.871. The van der Waals surface area contributed by atoms with Gasteiger partial charge in [0.15, 0.2) is 17.0 Å². The predicted molar refractivity (Wildman–Crippen MR) is 75.4 cm³/mol. The number of aliphatic hydroxyl groups is 1. The minimum absolute atomic E-state index is 0.0913. The Morgan fingerprint density at radius 1 is 1.27 bits per heavy atom. The van der Waals surface area contributed by atoms with Gasteiger partial charge >= 0.3 is 0 Å². The molecule has 0 aromatic carbocycles. The Kier molecular flexibility index (Phi) is 2.91. The molecule has 0 bridgehead atoms. The molecule has 2 aliphatic rings. The van der Waals surface area contributed by atoms with Crippen molar-refractivity contribution in [2.45, 2.75) is 50.4 Å². The van der Waals surface area contributed by atoms with E-state index in [0.717, 1.165) is 0 Å². The van der Waals surface area contributed by atoms with Crippen LogP contribution in [0.4, 0.5) is 0 Å². The monoisotopic (exact) mass is 306 g/mol. The van der Waals surface area contributed by atoms with Crippen LogP contribution < -0.4 is 4.74 Å². The van der Waals surface area contributed by atoms with Crippen LogP contribution >= 0.6 is 0 Å². The third-order valence-electron chi connectivity index (χ3n) is 4.28. The van der Waals surface area contributed by atoms with Gasteiger partial charge in [-0.25, -0.2) is 9.97 Å². The van der Waals surface area contributed by atoms with Crippen LogP contribution in [0.2, 0.25) is 0 Å². The Bertz CT molecular complexity index is 716. The number of aliphatic hydroxyl groups excluding tert-OH is 1. The van der Waals surface area contributed by atoms with Crippen LogP contribution in [0.25, 0.3) is 11.2 Å². The molecule has 0 radical (unpaired) electrons. The molecule has 1 saturated heterocycles. The maximum absolute atomic E-state index is 10.3. The van der Waals surface area contributed by atoms with Crippen molar-refractivity contribution in [3.05, 3.63) is 12.7 Å². The van der Waals surface area contributed by atoms with Gasteiger partial charge in [0, 0.05) is 0 Å². The van der Waals surface area contributed by atoms with Gasteiger partial charge < -0.3 is 23.9 Å². The summed E-state index contributed by atoms with van der Waals surface area (Å²) in [5.41, 5.74) is 1.26. The summed E-state index contributed by atoms with van der Waals surface area (Å²) in [6.45, 7) is 3.71. The summed E-state index contributed by atoms with van der Waals surface area (Å²) in [4.78, 5) is 12.7. The molecule has 0 spiro atoms. The average Bonchev–Trinajstić information content (AvgIpc) is 3.11. The number of imidazole rings is 1. The van der Waals surface area contributed by atoms with E-state index < -0.39 is 11.9 Å². The fraction of sp³-hybridized carbons (Fsp3) is 0.643. The molecule has 1 aliphatic heterocycles. The molecule has 4 rings (SSSR count). The molecule has 22 heavy (non-hydrogen) atoms. The highest BCUT2D eigenvalue weighted by Gasteiger charge is 2.54. The molecule has 8 nitrogen and oxygen atoms in total. The molecule has 2 aromatic rings. The smallest absolute Gasteiger partial charge is 0.245 e. The number of methoxy groups -OCH3 is 1. The number of aromatic nitrogens is 4. The van der Waals surface area contributed by atoms with Gasteiger partial charge in [-0.3, -0.25) is 0 Å². The third kappa shape index (κ3) is 1.91. The standard InChI is InChI=1S/C14H18N4O4/c1-14(2)21-10-7(4-8(19)11(10)22-14)18-6-17-9-12(18)15-5-16-13(9)20-3/h5-8,10-11,19H,4H2,1-3H3/t7-,8+,10+,11-/m1/s1. The van der Waals surface area contributed by atoms with Crippen LogP contribution in [0.3, 0.4) is 0 Å². The van der Waals surface area contributed by atoms with E-state index in [2.05, 4.69) is 15.0 Å². The molecular weight excluding hydrogens is 288 g/mol. The summed E-state index contributed by atoms with van der Waals surface area (Å²) in [6, 6.07) is -0.0913. The normalized spacial score (nSPS) is 33.3. The molecule has 8 heteroatoms. The van der Waals surface area contributed by atoms with Crippen molar-refractivity contribution in [1.29, 1.82) is 0 Å². The number of hydrogen-bond donors (Lipinski definition) is 1. The Labute approximate surface area is 127 Å². The van der Waals surface area contributed by atoms with Crippen molar-refractivity contribution in [3.63, 3.8) is 0 Å². The van der Waals surface area contributed by atoms with Crippen molar-refractivity contribution >= 4 is 11.2 Å². The first-order valence-corrected chi connectivity index (χ1v) is 7.25. The van der Waals surface area contributed by atoms with E-state index in [-0.39, 0.29) is 18.2 Å². The molecule has 4 atom stereocenters. The van der Waals surface area contributed by atoms with E-state index >= 15 is 0 Å². The van der Waals surface area contributed by atoms with Crippen molar-refractivity contribution in [1.82, 2.24) is 19.5 Å². The highest BCUT2D eigenvalue weighted by Crippen LogP contribution is 2.44. The van der Waals surface area contributed by atoms with Gasteiger partial charge in [-0.1, -0.05) is 0 Å². The zero-order valence-electron chi connectivity index (χ0n) is 12.6. The van der Waals surface area contributed by atoms with Crippen LogP contribution in [0.5, 0.6) is 5.88 Å². The Hall–Kier alpha value is -1.77. The number of fused-ring (bicyclic) bond motifs is 2. The number of ether oxygens (including phenoxy) is 3. The summed E-state index contributed by atoms with van der Waals surface area (Å²) < 4.78 is 18.9. The maximum Gasteiger partial charge on any atom is 0.245 e. The first-order valence-electron chi connectivity index (χ1n) is 7.25. The fourth-order valence-corrected chi connectivity index (χ4v) is 3.42. The molecule has 118 valence electrons. The molecular formula is C14H18N4O4. The summed E-state index contributed by atoms with van der Waals surface area (Å²) in [5.74, 6) is -0.263. The van der Waals surface area contributed by atoms with Crippen molar-refractivity contribution in [3.8, 4) is 5.88 Å². The zero-order chi connectivity index (χ0) is 15.5. The minimum atomic E-state index is -0.696. The van der Waals surface area contributed by atoms with Gasteiger partial charge in [0.2, 0.25) is 5.88 Å². The second-order valence-electron chi connectivity index (χ2n) is 6.14. The lowest BCUT2D eigenvalue weighted by molar-refractivity contribution is -0.165. The van der Waals surface area contributed by atoms with Gasteiger partial charge in [-0.2, -0.15) is 4.98 Å². The van der Waals surface area contributed by atoms with E-state index in [1.807, 2.05) is 18.4 Å². The molecule has 2 aromatic heterocycles. The molecule has 1 N–H and O–H groups in total. The van der Waals surface area contributed by atoms with E-state index in [1.54, 1.807) is 13.4 Å². The van der Waals surface area contributed by atoms with E-state index in [0.29, 0.717) is 23.5 Å². The van der Waals surface area contributed by atoms with Crippen LogP contribution in [-0.4, -0.2) is 55.8 Å². The number of nitrogens with zero attached hydrogens (tertiary/aromatic N) is 4. The summed E-state index contributed by atoms with van der Waals surface area (Å²) in [7, 11) is 1.55. The maximum atomic E-state index is 10.3. The number of hydrogen-bond acceptors (Lipinski definition) is 7. The van der Waals surface area contributed by atoms with Gasteiger partial charge in [0.25, 0.3) is 0 Å². The van der Waals surface area contributed by atoms with E-state index in [9.17, 15) is 5.11 Å². The Morgan fingerprint density at radius 2 is 2.05 bits per heavy atom. The lowest BCUT2D eigenvalue weighted by Crippen LogP contribution is -2.28. The molecule has 0 amide bonds. The van der Waals surface area contributed by atoms with Crippen molar-refractivity contribution in [2.24, 2.45) is 0 Å². The third-order valence-corrected chi connectivity index (χ3v) is 4.28. The SMILES string of the molecule is COc1ncnc2c1ncn2[C@@H]1C[C@H](O)[C@H]2OC(C)(C)O[C@H]21. The zero-order valence-corrected chi connectivity index (χ0v) is 12.6. The van der Waals surface area contributed by atoms with Crippen molar-refractivity contribution in [2.75, 3.05) is 7.11 Å². The van der Waals surface area contributed by atoms with Crippen molar-refractivity contribution < 1.29 is 19.3 Å². The first kappa shape index (κ1) is 13.9. The van der Waals surface area contributed by atoms with E-state index in [4.69, 9.17) is 14.2 Å². The molecule has 3 heterocycles. The van der Waals surface area contributed by atoms with Gasteiger partial charge in [-0.15, -0.1) is 0 Å². The average molecular weight is 306 g/mol. The highest BCUT2D eigenvalue weighted by molar-refractivity contribution is 5.76. The van der Waals surface area contributed by atoms with Gasteiger partial charge in [0.05, 0.1) is 25.6 Å². The molecule has 1 saturated carbocycles. The minimum Gasteiger partial charge on any atom is -0.479 e. The Balaban J connectivity index is 1.76. The lowest BCUT2D eigenvalue weighted by atomic mass is 10.2. The second kappa shape index (κ2) is 4.61. The molecule has 1 aliphatic carbocycles. The predicted octanol–water partition coefficient (Wildman–Crippen LogP) is 0.661. The summed E-state index contributed by atoms with van der Waals surface area (Å²) >= 11 is 0. The van der Waals surface area contributed by atoms with Gasteiger partial charge in [-0.05, 0) is 20.3 Å². The molecule has 0 unspecified atom stereocenters. The lowest BCUT2D eigenvalue weighted by Gasteiger charge is -2.23. The Morgan fingerprint density at radius 3 is 2.82 bits per heavy atom. The summed E-state index contributed by atoms with van der Waals surface area (Å²) in [5, 5.41) is 10.3. The fourth-order valence-electron chi connectivity index (χ4n) is 3.42. The largest absolute Gasteiger partial charge is 0.479 e. The topological polar surface area (TPSA) is 91.5 Å². The van der Waals surface area contributed by atoms with Gasteiger partial charge in [0.1, 0.15) is 18.5 Å². The molecule has 2 fully saturated rings. The second-order valence-corrected chi connectivity index (χ2v) is 6.14. The highest BCUT2D eigenvalue weighted by atomic mass is 16.8.